The molecule has 0 amide bonds. The molecule has 2 aliphatic carbocycles. The van der Waals surface area contributed by atoms with E-state index in [0.29, 0.717) is 11.7 Å². The summed E-state index contributed by atoms with van der Waals surface area (Å²) in [6, 6.07) is 0. The first-order chi connectivity index (χ1) is 8.27. The van der Waals surface area contributed by atoms with Crippen LogP contribution in [0.15, 0.2) is 0 Å². The zero-order valence-corrected chi connectivity index (χ0v) is 10.7. The fourth-order valence-electron chi connectivity index (χ4n) is 3.70. The van der Waals surface area contributed by atoms with Crippen molar-refractivity contribution in [2.24, 2.45) is 11.8 Å². The maximum absolute atomic E-state index is 11.7. The summed E-state index contributed by atoms with van der Waals surface area (Å²) < 4.78 is 6.04. The van der Waals surface area contributed by atoms with E-state index in [1.807, 2.05) is 0 Å². The SMILES string of the molecule is O=C(CCC1CCOC2(CCCC2)C1)C1CC1. The van der Waals surface area contributed by atoms with Crippen molar-refractivity contribution in [3.8, 4) is 0 Å². The average molecular weight is 236 g/mol. The fraction of sp³-hybridized carbons (Fsp3) is 0.933. The molecule has 3 aliphatic rings. The second kappa shape index (κ2) is 4.72. The van der Waals surface area contributed by atoms with E-state index in [-0.39, 0.29) is 5.60 Å². The molecule has 0 bridgehead atoms. The van der Waals surface area contributed by atoms with Crippen molar-refractivity contribution in [1.82, 2.24) is 0 Å². The van der Waals surface area contributed by atoms with Gasteiger partial charge in [-0.15, -0.1) is 0 Å². The van der Waals surface area contributed by atoms with Crippen molar-refractivity contribution >= 4 is 5.78 Å². The fourth-order valence-corrected chi connectivity index (χ4v) is 3.70. The molecular weight excluding hydrogens is 212 g/mol. The van der Waals surface area contributed by atoms with E-state index in [2.05, 4.69) is 0 Å². The van der Waals surface area contributed by atoms with Crippen LogP contribution in [0.3, 0.4) is 0 Å². The molecule has 0 aromatic heterocycles. The van der Waals surface area contributed by atoms with Crippen LogP contribution >= 0.6 is 0 Å². The molecular formula is C15H24O2. The lowest BCUT2D eigenvalue weighted by molar-refractivity contribution is -0.122. The molecule has 0 N–H and O–H groups in total. The minimum atomic E-state index is 0.228. The van der Waals surface area contributed by atoms with Crippen LogP contribution in [0.5, 0.6) is 0 Å². The van der Waals surface area contributed by atoms with Crippen LogP contribution in [0.2, 0.25) is 0 Å². The smallest absolute Gasteiger partial charge is 0.135 e. The third kappa shape index (κ3) is 2.73. The van der Waals surface area contributed by atoms with Crippen LogP contribution in [0.25, 0.3) is 0 Å². The molecule has 3 fully saturated rings. The zero-order valence-electron chi connectivity index (χ0n) is 10.7. The molecule has 1 unspecified atom stereocenters. The summed E-state index contributed by atoms with van der Waals surface area (Å²) in [7, 11) is 0. The second-order valence-electron chi connectivity index (χ2n) is 6.38. The van der Waals surface area contributed by atoms with Crippen molar-refractivity contribution in [2.75, 3.05) is 6.61 Å². The highest BCUT2D eigenvalue weighted by Gasteiger charge is 2.40. The third-order valence-electron chi connectivity index (χ3n) is 4.94. The van der Waals surface area contributed by atoms with Crippen molar-refractivity contribution in [2.45, 2.75) is 69.8 Å². The standard InChI is InChI=1S/C15H24O2/c16-14(13-4-5-13)6-3-12-7-10-17-15(11-12)8-1-2-9-15/h12-13H,1-11H2. The minimum Gasteiger partial charge on any atom is -0.375 e. The first-order valence-corrected chi connectivity index (χ1v) is 7.44. The quantitative estimate of drug-likeness (QED) is 0.747. The van der Waals surface area contributed by atoms with Crippen LogP contribution in [-0.2, 0) is 9.53 Å². The van der Waals surface area contributed by atoms with Gasteiger partial charge in [0.15, 0.2) is 0 Å². The largest absolute Gasteiger partial charge is 0.375 e. The van der Waals surface area contributed by atoms with Gasteiger partial charge in [0.1, 0.15) is 5.78 Å². The molecule has 2 nitrogen and oxygen atoms in total. The van der Waals surface area contributed by atoms with Crippen LogP contribution in [0.4, 0.5) is 0 Å². The summed E-state index contributed by atoms with van der Waals surface area (Å²) >= 11 is 0. The van der Waals surface area contributed by atoms with Gasteiger partial charge in [-0.25, -0.2) is 0 Å². The van der Waals surface area contributed by atoms with Crippen molar-refractivity contribution in [1.29, 1.82) is 0 Å². The number of ketones is 1. The predicted molar refractivity (Wildman–Crippen MR) is 66.8 cm³/mol. The molecule has 1 saturated heterocycles. The van der Waals surface area contributed by atoms with Gasteiger partial charge >= 0.3 is 0 Å². The van der Waals surface area contributed by atoms with Crippen LogP contribution in [-0.4, -0.2) is 18.0 Å². The van der Waals surface area contributed by atoms with E-state index in [0.717, 1.165) is 38.2 Å². The number of hydrogen-bond acceptors (Lipinski definition) is 2. The molecule has 1 spiro atoms. The molecule has 17 heavy (non-hydrogen) atoms. The van der Waals surface area contributed by atoms with Crippen molar-refractivity contribution < 1.29 is 9.53 Å². The molecule has 3 rings (SSSR count). The maximum atomic E-state index is 11.7. The lowest BCUT2D eigenvalue weighted by atomic mass is 9.82. The molecule has 1 atom stereocenters. The van der Waals surface area contributed by atoms with Gasteiger partial charge in [-0.2, -0.15) is 0 Å². The summed E-state index contributed by atoms with van der Waals surface area (Å²) in [5, 5.41) is 0. The third-order valence-corrected chi connectivity index (χ3v) is 4.94. The minimum absolute atomic E-state index is 0.228. The molecule has 96 valence electrons. The molecule has 1 aliphatic heterocycles. The van der Waals surface area contributed by atoms with Gasteiger partial charge in [-0.3, -0.25) is 4.79 Å². The predicted octanol–water partition coefficient (Wildman–Crippen LogP) is 3.49. The van der Waals surface area contributed by atoms with Gasteiger partial charge < -0.3 is 4.74 Å². The van der Waals surface area contributed by atoms with Crippen LogP contribution < -0.4 is 0 Å². The second-order valence-corrected chi connectivity index (χ2v) is 6.38. The molecule has 2 saturated carbocycles. The summed E-state index contributed by atoms with van der Waals surface area (Å²) in [6.45, 7) is 0.933. The summed E-state index contributed by atoms with van der Waals surface area (Å²) in [6.07, 6.45) is 11.9. The Kier molecular flexibility index (Phi) is 3.25. The number of ether oxygens (including phenoxy) is 1. The van der Waals surface area contributed by atoms with E-state index in [4.69, 9.17) is 4.74 Å². The number of carbonyl (C=O) groups is 1. The number of Topliss-reactive ketones (excluding diaryl/α,β-unsaturated/α-hetero) is 1. The lowest BCUT2D eigenvalue weighted by Crippen LogP contribution is -2.37. The van der Waals surface area contributed by atoms with Gasteiger partial charge in [0.2, 0.25) is 0 Å². The Hall–Kier alpha value is -0.370. The number of rotatable bonds is 4. The Morgan fingerprint density at radius 1 is 1.18 bits per heavy atom. The van der Waals surface area contributed by atoms with Crippen molar-refractivity contribution in [3.63, 3.8) is 0 Å². The summed E-state index contributed by atoms with van der Waals surface area (Å²) in [4.78, 5) is 11.7. The zero-order chi connectivity index (χ0) is 11.7. The topological polar surface area (TPSA) is 26.3 Å². The van der Waals surface area contributed by atoms with E-state index in [1.165, 1.54) is 38.5 Å². The van der Waals surface area contributed by atoms with E-state index in [9.17, 15) is 4.79 Å². The Balaban J connectivity index is 1.48. The van der Waals surface area contributed by atoms with E-state index in [1.54, 1.807) is 0 Å². The van der Waals surface area contributed by atoms with E-state index >= 15 is 0 Å². The number of hydrogen-bond donors (Lipinski definition) is 0. The van der Waals surface area contributed by atoms with Crippen LogP contribution in [0.1, 0.15) is 64.2 Å². The summed E-state index contributed by atoms with van der Waals surface area (Å²) in [5.74, 6) is 1.75. The molecule has 0 radical (unpaired) electrons. The average Bonchev–Trinajstić information content (AvgIpc) is 3.10. The molecule has 1 heterocycles. The molecule has 0 aromatic carbocycles. The lowest BCUT2D eigenvalue weighted by Gasteiger charge is -2.38. The number of carbonyl (C=O) groups excluding carboxylic acids is 1. The van der Waals surface area contributed by atoms with Crippen molar-refractivity contribution in [3.05, 3.63) is 0 Å². The Morgan fingerprint density at radius 3 is 2.65 bits per heavy atom. The normalized spacial score (nSPS) is 31.9. The van der Waals surface area contributed by atoms with Gasteiger partial charge in [-0.05, 0) is 50.9 Å². The van der Waals surface area contributed by atoms with Gasteiger partial charge in [0.25, 0.3) is 0 Å². The highest BCUT2D eigenvalue weighted by atomic mass is 16.5. The maximum Gasteiger partial charge on any atom is 0.135 e. The van der Waals surface area contributed by atoms with Crippen LogP contribution in [0, 0.1) is 11.8 Å². The highest BCUT2D eigenvalue weighted by molar-refractivity contribution is 5.83. The monoisotopic (exact) mass is 236 g/mol. The molecule has 0 aromatic rings. The van der Waals surface area contributed by atoms with Gasteiger partial charge in [0, 0.05) is 18.9 Å². The Labute approximate surface area is 104 Å². The highest BCUT2D eigenvalue weighted by Crippen LogP contribution is 2.43. The Morgan fingerprint density at radius 2 is 1.94 bits per heavy atom. The molecule has 2 heteroatoms. The van der Waals surface area contributed by atoms with E-state index < -0.39 is 0 Å². The first kappa shape index (κ1) is 11.7. The summed E-state index contributed by atoms with van der Waals surface area (Å²) in [5.41, 5.74) is 0.228. The van der Waals surface area contributed by atoms with Gasteiger partial charge in [0.05, 0.1) is 5.60 Å². The van der Waals surface area contributed by atoms with Gasteiger partial charge in [-0.1, -0.05) is 12.8 Å². The Bertz CT molecular complexity index is 287. The first-order valence-electron chi connectivity index (χ1n) is 7.44.